The van der Waals surface area contributed by atoms with Crippen LogP contribution >= 0.6 is 49.0 Å². The van der Waals surface area contributed by atoms with Crippen LogP contribution < -0.4 is 23.8 Å². The van der Waals surface area contributed by atoms with E-state index in [0.717, 1.165) is 10.9 Å². The van der Waals surface area contributed by atoms with Crippen LogP contribution in [0.15, 0.2) is 59.6 Å². The quantitative estimate of drug-likeness (QED) is 0.298. The third-order valence-electron chi connectivity index (χ3n) is 3.58. The first-order valence-electron chi connectivity index (χ1n) is 7.14. The number of amidine groups is 1. The van der Waals surface area contributed by atoms with E-state index < -0.39 is 8.07 Å². The Morgan fingerprint density at radius 2 is 1.65 bits per heavy atom. The van der Waals surface area contributed by atoms with Crippen LogP contribution in [-0.4, -0.2) is 18.6 Å². The Bertz CT molecular complexity index is 665. The van der Waals surface area contributed by atoms with Crippen LogP contribution in [0.3, 0.4) is 0 Å². The minimum absolute atomic E-state index is 0.530. The zero-order chi connectivity index (χ0) is 16.7. The van der Waals surface area contributed by atoms with Crippen LogP contribution in [0.1, 0.15) is 0 Å². The van der Waals surface area contributed by atoms with Gasteiger partial charge in [0.05, 0.1) is 8.07 Å². The first-order valence-corrected chi connectivity index (χ1v) is 23.9. The van der Waals surface area contributed by atoms with E-state index in [1.165, 1.54) is 16.3 Å². The molecule has 1 aliphatic heterocycles. The number of nitrogens with two attached hydrogens (primary N) is 1. The van der Waals surface area contributed by atoms with Gasteiger partial charge in [-0.3, -0.25) is 5.32 Å². The molecule has 2 aromatic rings. The molecule has 2 aromatic carbocycles. The van der Waals surface area contributed by atoms with E-state index in [-0.39, 0.29) is 0 Å². The van der Waals surface area contributed by atoms with Gasteiger partial charge in [-0.2, -0.15) is 4.99 Å². The molecule has 0 saturated carbocycles. The number of rotatable bonds is 3. The predicted molar refractivity (Wildman–Crippen MR) is 119 cm³/mol. The summed E-state index contributed by atoms with van der Waals surface area (Å²) in [5.41, 5.74) is 2.35. The number of hydrogen-bond donors (Lipinski definition) is 1. The Morgan fingerprint density at radius 3 is 2.30 bits per heavy atom. The van der Waals surface area contributed by atoms with Crippen molar-refractivity contribution in [1.82, 2.24) is 0 Å². The molecule has 0 saturated heterocycles. The third kappa shape index (κ3) is 6.24. The molecule has 0 atom stereocenters. The zero-order valence-corrected chi connectivity index (χ0v) is 21.3. The first-order chi connectivity index (χ1) is 11.1. The summed E-state index contributed by atoms with van der Waals surface area (Å²) in [6.07, 6.45) is 0. The van der Waals surface area contributed by atoms with E-state index >= 15 is 0 Å². The molecule has 0 fully saturated rings. The number of benzene rings is 2. The molecule has 1 aliphatic rings. The second kappa shape index (κ2) is 10.1. The molecule has 7 heteroatoms. The summed E-state index contributed by atoms with van der Waals surface area (Å²) in [4.78, 5) is 4.69. The number of para-hydroxylation sites is 2. The molecule has 0 spiro atoms. The van der Waals surface area contributed by atoms with E-state index in [0.29, 0.717) is 13.3 Å². The topological polar surface area (TPSA) is 29.0 Å². The van der Waals surface area contributed by atoms with Crippen molar-refractivity contribution in [2.45, 2.75) is 13.1 Å². The first kappa shape index (κ1) is 20.1. The number of thioether (sulfide) groups is 1. The van der Waals surface area contributed by atoms with Crippen molar-refractivity contribution in [3.63, 3.8) is 0 Å². The van der Waals surface area contributed by atoms with Gasteiger partial charge in [-0.25, -0.2) is 0 Å². The summed E-state index contributed by atoms with van der Waals surface area (Å²) in [6, 6.07) is 19.2. The average Bonchev–Trinajstić information content (AvgIpc) is 2.98. The monoisotopic (exact) mass is 680 g/mol. The number of hydrogen-bond acceptors (Lipinski definition) is 2. The maximum atomic E-state index is 4.69. The van der Waals surface area contributed by atoms with Crippen molar-refractivity contribution in [2.24, 2.45) is 4.99 Å². The zero-order valence-electron chi connectivity index (χ0n) is 13.0. The summed E-state index contributed by atoms with van der Waals surface area (Å²) in [6.45, 7) is 4.86. The summed E-state index contributed by atoms with van der Waals surface area (Å²) >= 11 is 7.20. The fourth-order valence-electron chi connectivity index (χ4n) is 2.30. The molecule has 0 bridgehead atoms. The molecule has 2 nitrogen and oxygen atoms in total. The number of fused-ring (bicyclic) bond motifs is 1. The Balaban J connectivity index is 0.000000595. The van der Waals surface area contributed by atoms with Crippen molar-refractivity contribution in [2.75, 3.05) is 5.38 Å². The predicted octanol–water partition coefficient (Wildman–Crippen LogP) is 1.55. The van der Waals surface area contributed by atoms with Crippen molar-refractivity contribution in [3.8, 4) is 0 Å². The average molecular weight is 680 g/mol. The summed E-state index contributed by atoms with van der Waals surface area (Å²) in [7, 11) is -1.39. The summed E-state index contributed by atoms with van der Waals surface area (Å²) in [5.74, 6) is 0. The van der Waals surface area contributed by atoms with Crippen molar-refractivity contribution >= 4 is 78.8 Å². The number of aliphatic imine (C=N–C) groups is 1. The van der Waals surface area contributed by atoms with Gasteiger partial charge in [0.1, 0.15) is 5.69 Å². The second-order valence-corrected chi connectivity index (χ2v) is 28.2. The van der Waals surface area contributed by atoms with Gasteiger partial charge >= 0.3 is 50.5 Å². The second-order valence-electron chi connectivity index (χ2n) is 5.75. The van der Waals surface area contributed by atoms with Gasteiger partial charge in [0.15, 0.2) is 5.69 Å². The molecule has 23 heavy (non-hydrogen) atoms. The van der Waals surface area contributed by atoms with Crippen LogP contribution in [0.25, 0.3) is 0 Å². The van der Waals surface area contributed by atoms with E-state index in [2.05, 4.69) is 104 Å². The van der Waals surface area contributed by atoms with Gasteiger partial charge in [0, 0.05) is 11.4 Å². The molecule has 0 unspecified atom stereocenters. The fourth-order valence-corrected chi connectivity index (χ4v) is 6.47. The Hall–Kier alpha value is 0.827. The van der Waals surface area contributed by atoms with Crippen LogP contribution in [0.5, 0.6) is 0 Å². The van der Waals surface area contributed by atoms with E-state index in [1.807, 2.05) is 17.8 Å². The number of nitrogens with zero attached hydrogens (tertiary/aromatic N) is 1. The van der Waals surface area contributed by atoms with Crippen LogP contribution in [-0.2, 0) is 0 Å². The molecule has 1 heterocycles. The molecule has 3 rings (SSSR count). The van der Waals surface area contributed by atoms with Gasteiger partial charge in [-0.1, -0.05) is 60.7 Å². The molecular weight excluding hydrogens is 661 g/mol. The Morgan fingerprint density at radius 1 is 1.04 bits per heavy atom. The van der Waals surface area contributed by atoms with Crippen molar-refractivity contribution < 1.29 is 18.6 Å². The van der Waals surface area contributed by atoms with Gasteiger partial charge < -0.3 is 0 Å². The van der Waals surface area contributed by atoms with Gasteiger partial charge in [-0.05, 0) is 17.8 Å². The SMILES string of the molecule is C[Si](C)(CSC1=Nc2ccccc2[NH2+]1)c1ccccc1.I[I-]I. The van der Waals surface area contributed by atoms with Crippen LogP contribution in [0.4, 0.5) is 11.4 Å². The standard InChI is InChI=1S/C16H18N2SSi.I3/c1-20(2,13-8-4-3-5-9-13)12-19-16-17-14-10-6-7-11-15(14)18-16;1-3-2/h3-11H,12H2,1-2H3,(H,17,18);/q;-1/p+1. The molecule has 0 aliphatic carbocycles. The summed E-state index contributed by atoms with van der Waals surface area (Å²) in [5, 5.41) is 6.04. The molecule has 0 aromatic heterocycles. The number of quaternary nitrogens is 1. The van der Waals surface area contributed by atoms with Crippen LogP contribution in [0, 0.1) is 0 Å². The van der Waals surface area contributed by atoms with Crippen molar-refractivity contribution in [3.05, 3.63) is 54.6 Å². The summed E-state index contributed by atoms with van der Waals surface area (Å²) < 4.78 is 0. The molecule has 124 valence electrons. The van der Waals surface area contributed by atoms with Gasteiger partial charge in [0.25, 0.3) is 5.17 Å². The van der Waals surface area contributed by atoms with E-state index in [4.69, 9.17) is 4.99 Å². The normalized spacial score (nSPS) is 13.1. The Labute approximate surface area is 173 Å². The van der Waals surface area contributed by atoms with Gasteiger partial charge in [-0.15, -0.1) is 0 Å². The fraction of sp³-hybridized carbons (Fsp3) is 0.188. The van der Waals surface area contributed by atoms with Crippen LogP contribution in [0.2, 0.25) is 13.1 Å². The molecular formula is C16H19I3N2SSi. The van der Waals surface area contributed by atoms with Crippen molar-refractivity contribution in [1.29, 1.82) is 0 Å². The molecule has 0 amide bonds. The van der Waals surface area contributed by atoms with E-state index in [1.54, 1.807) is 0 Å². The third-order valence-corrected chi connectivity index (χ3v) is 9.45. The maximum absolute atomic E-state index is 4.69. The number of halogens is 3. The van der Waals surface area contributed by atoms with E-state index in [9.17, 15) is 0 Å². The molecule has 0 radical (unpaired) electrons. The van der Waals surface area contributed by atoms with Gasteiger partial charge in [0.2, 0.25) is 0 Å². The molecule has 2 N–H and O–H groups in total. The Kier molecular flexibility index (Phi) is 8.84. The minimum atomic E-state index is -1.39.